The molecule has 0 radical (unpaired) electrons. The predicted molar refractivity (Wildman–Crippen MR) is 118 cm³/mol. The standard InChI is InChI=1S/C17H26N4O12P2/c1-7-3-9-10(4-8(7)2)21(15-13(18-9)16(24)20-17(25)19-15)5-11(22)14(33-35(29,30)31)12(23)6-32-34(26,27)28/h3-4,11-15,18,22-23H,5-6H2,1-2H3,(H2,26,27,28)(H2,29,30,31)(H2,19,20,24,25)/t11-,12+,13?,14-,15?/m0/s1. The number of rotatable bonds is 9. The van der Waals surface area contributed by atoms with Crippen molar-refractivity contribution in [2.24, 2.45) is 0 Å². The average molecular weight is 540 g/mol. The normalized spacial score (nSPS) is 22.8. The number of benzene rings is 1. The molecule has 2 unspecified atom stereocenters. The first kappa shape index (κ1) is 27.5. The number of aryl methyl sites for hydroxylation is 2. The van der Waals surface area contributed by atoms with Crippen molar-refractivity contribution in [3.63, 3.8) is 0 Å². The second-order valence-electron chi connectivity index (χ2n) is 8.12. The highest BCUT2D eigenvalue weighted by molar-refractivity contribution is 7.46. The number of β-amino-alcohol motifs (C(OH)–C–C–N with tert-alkyl or cyclic N) is 1. The Morgan fingerprint density at radius 3 is 2.23 bits per heavy atom. The van der Waals surface area contributed by atoms with Crippen LogP contribution in [0.5, 0.6) is 0 Å². The second-order valence-corrected chi connectivity index (χ2v) is 10.5. The van der Waals surface area contributed by atoms with Gasteiger partial charge >= 0.3 is 21.7 Å². The van der Waals surface area contributed by atoms with Crippen molar-refractivity contribution >= 4 is 39.0 Å². The SMILES string of the molecule is Cc1cc2c(cc1C)N(C[C@H](O)[C@H](OP(=O)(O)O)[C@H](O)COP(=O)(O)O)C1NC(=O)NC(=O)C1N2. The number of hydrogen-bond donors (Lipinski definition) is 9. The molecule has 1 saturated heterocycles. The molecule has 16 nitrogen and oxygen atoms in total. The zero-order valence-corrected chi connectivity index (χ0v) is 20.2. The van der Waals surface area contributed by atoms with Gasteiger partial charge < -0.3 is 45.3 Å². The smallest absolute Gasteiger partial charge is 0.388 e. The summed E-state index contributed by atoms with van der Waals surface area (Å²) in [5, 5.41) is 28.8. The summed E-state index contributed by atoms with van der Waals surface area (Å²) in [5.41, 5.74) is 2.56. The fourth-order valence-electron chi connectivity index (χ4n) is 3.80. The molecule has 35 heavy (non-hydrogen) atoms. The summed E-state index contributed by atoms with van der Waals surface area (Å²) in [7, 11) is -10.4. The van der Waals surface area contributed by atoms with Crippen molar-refractivity contribution in [1.82, 2.24) is 10.6 Å². The first-order chi connectivity index (χ1) is 16.1. The van der Waals surface area contributed by atoms with E-state index in [-0.39, 0.29) is 0 Å². The topological polar surface area (TPSA) is 247 Å². The van der Waals surface area contributed by atoms with Gasteiger partial charge in [0.1, 0.15) is 30.5 Å². The number of hydrogen-bond acceptors (Lipinski definition) is 10. The van der Waals surface area contributed by atoms with Gasteiger partial charge in [-0.3, -0.25) is 19.2 Å². The number of phosphoric ester groups is 2. The molecule has 1 aromatic rings. The average Bonchev–Trinajstić information content (AvgIpc) is 2.71. The van der Waals surface area contributed by atoms with Crippen molar-refractivity contribution in [2.75, 3.05) is 23.4 Å². The third-order valence-electron chi connectivity index (χ3n) is 5.50. The Labute approximate surface area is 198 Å². The van der Waals surface area contributed by atoms with Crippen molar-refractivity contribution in [3.8, 4) is 0 Å². The Balaban J connectivity index is 1.96. The van der Waals surface area contributed by atoms with Crippen LogP contribution in [0.3, 0.4) is 0 Å². The number of urea groups is 1. The highest BCUT2D eigenvalue weighted by atomic mass is 31.2. The molecule has 2 aliphatic rings. The summed E-state index contributed by atoms with van der Waals surface area (Å²) >= 11 is 0. The van der Waals surface area contributed by atoms with E-state index in [0.29, 0.717) is 11.4 Å². The van der Waals surface area contributed by atoms with E-state index >= 15 is 0 Å². The third kappa shape index (κ3) is 6.77. The third-order valence-corrected chi connectivity index (χ3v) is 6.50. The van der Waals surface area contributed by atoms with Crippen molar-refractivity contribution < 1.29 is 57.6 Å². The number of carbonyl (C=O) groups excluding carboxylic acids is 2. The Kier molecular flexibility index (Phi) is 7.94. The second kappa shape index (κ2) is 10.1. The summed E-state index contributed by atoms with van der Waals surface area (Å²) in [4.78, 5) is 62.0. The largest absolute Gasteiger partial charge is 0.470 e. The van der Waals surface area contributed by atoms with E-state index in [2.05, 4.69) is 25.0 Å². The molecule has 3 rings (SSSR count). The number of amides is 3. The van der Waals surface area contributed by atoms with E-state index in [1.54, 1.807) is 19.1 Å². The summed E-state index contributed by atoms with van der Waals surface area (Å²) in [5.74, 6) is -0.666. The van der Waals surface area contributed by atoms with E-state index in [1.807, 2.05) is 6.92 Å². The van der Waals surface area contributed by atoms with Crippen LogP contribution in [-0.4, -0.2) is 85.4 Å². The monoisotopic (exact) mass is 540 g/mol. The van der Waals surface area contributed by atoms with Crippen LogP contribution in [0.15, 0.2) is 12.1 Å². The van der Waals surface area contributed by atoms with Gasteiger partial charge in [-0.1, -0.05) is 0 Å². The van der Waals surface area contributed by atoms with Crippen LogP contribution in [-0.2, 0) is 23.0 Å². The van der Waals surface area contributed by atoms with Crippen LogP contribution in [0.2, 0.25) is 0 Å². The molecule has 2 aliphatic heterocycles. The molecule has 0 bridgehead atoms. The molecular formula is C17H26N4O12P2. The number of carbonyl (C=O) groups is 2. The van der Waals surface area contributed by atoms with Crippen LogP contribution in [0.25, 0.3) is 0 Å². The number of nitrogens with zero attached hydrogens (tertiary/aromatic N) is 1. The van der Waals surface area contributed by atoms with E-state index < -0.39 is 71.3 Å². The minimum absolute atomic E-state index is 0.416. The number of aliphatic hydroxyl groups is 2. The van der Waals surface area contributed by atoms with Gasteiger partial charge in [-0.25, -0.2) is 13.9 Å². The van der Waals surface area contributed by atoms with E-state index in [4.69, 9.17) is 9.79 Å². The Morgan fingerprint density at radius 2 is 1.63 bits per heavy atom. The summed E-state index contributed by atoms with van der Waals surface area (Å²) in [6.07, 6.45) is -7.14. The number of fused-ring (bicyclic) bond motifs is 2. The Hall–Kier alpha value is -2.10. The quantitative estimate of drug-likeness (QED) is 0.160. The molecule has 18 heteroatoms. The number of anilines is 2. The predicted octanol–water partition coefficient (Wildman–Crippen LogP) is -1.62. The van der Waals surface area contributed by atoms with Gasteiger partial charge in [-0.05, 0) is 37.1 Å². The van der Waals surface area contributed by atoms with Crippen LogP contribution in [0.4, 0.5) is 16.2 Å². The first-order valence-electron chi connectivity index (χ1n) is 10.1. The summed E-state index contributed by atoms with van der Waals surface area (Å²) < 4.78 is 31.1. The van der Waals surface area contributed by atoms with Crippen molar-refractivity contribution in [1.29, 1.82) is 0 Å². The highest BCUT2D eigenvalue weighted by Gasteiger charge is 2.45. The molecule has 5 atom stereocenters. The molecule has 0 saturated carbocycles. The molecule has 0 aliphatic carbocycles. The highest BCUT2D eigenvalue weighted by Crippen LogP contribution is 2.42. The molecule has 0 spiro atoms. The summed E-state index contributed by atoms with van der Waals surface area (Å²) in [6.45, 7) is 1.95. The lowest BCUT2D eigenvalue weighted by atomic mass is 9.98. The molecule has 2 heterocycles. The molecule has 3 amide bonds. The zero-order chi connectivity index (χ0) is 26.3. The van der Waals surface area contributed by atoms with E-state index in [9.17, 15) is 38.7 Å². The van der Waals surface area contributed by atoms with Gasteiger partial charge in [0.15, 0.2) is 0 Å². The number of nitrogens with one attached hydrogen (secondary N) is 3. The number of imide groups is 1. The van der Waals surface area contributed by atoms with Gasteiger partial charge in [-0.2, -0.15) is 0 Å². The maximum Gasteiger partial charge on any atom is 0.470 e. The van der Waals surface area contributed by atoms with Crippen LogP contribution in [0.1, 0.15) is 11.1 Å². The molecule has 0 aromatic heterocycles. The van der Waals surface area contributed by atoms with Gasteiger partial charge in [0.2, 0.25) is 0 Å². The lowest BCUT2D eigenvalue weighted by molar-refractivity contribution is -0.122. The number of aliphatic hydroxyl groups excluding tert-OH is 2. The maximum absolute atomic E-state index is 12.5. The van der Waals surface area contributed by atoms with Gasteiger partial charge in [0, 0.05) is 6.54 Å². The summed E-state index contributed by atoms with van der Waals surface area (Å²) in [6, 6.07) is 1.60. The van der Waals surface area contributed by atoms with Crippen LogP contribution in [0, 0.1) is 13.8 Å². The number of phosphoric acid groups is 2. The fraction of sp³-hybridized carbons (Fsp3) is 0.529. The minimum Gasteiger partial charge on any atom is -0.388 e. The van der Waals surface area contributed by atoms with Gasteiger partial charge in [0.25, 0.3) is 5.91 Å². The van der Waals surface area contributed by atoms with Crippen LogP contribution < -0.4 is 20.9 Å². The molecular weight excluding hydrogens is 514 g/mol. The lowest BCUT2D eigenvalue weighted by Gasteiger charge is -2.47. The van der Waals surface area contributed by atoms with Gasteiger partial charge in [-0.15, -0.1) is 0 Å². The molecule has 1 aromatic carbocycles. The molecule has 9 N–H and O–H groups in total. The lowest BCUT2D eigenvalue weighted by Crippen LogP contribution is -2.71. The molecule has 196 valence electrons. The first-order valence-corrected chi connectivity index (χ1v) is 13.2. The zero-order valence-electron chi connectivity index (χ0n) is 18.4. The van der Waals surface area contributed by atoms with Gasteiger partial charge in [0.05, 0.1) is 18.0 Å². The maximum atomic E-state index is 12.5. The van der Waals surface area contributed by atoms with Crippen LogP contribution >= 0.6 is 15.6 Å². The minimum atomic E-state index is -5.31. The van der Waals surface area contributed by atoms with E-state index in [0.717, 1.165) is 11.1 Å². The van der Waals surface area contributed by atoms with Crippen molar-refractivity contribution in [2.45, 2.75) is 44.4 Å². The molecule has 1 fully saturated rings. The Morgan fingerprint density at radius 1 is 1.00 bits per heavy atom. The fourth-order valence-corrected chi connectivity index (χ4v) is 4.75. The van der Waals surface area contributed by atoms with E-state index in [1.165, 1.54) is 4.90 Å². The van der Waals surface area contributed by atoms with Crippen molar-refractivity contribution in [3.05, 3.63) is 23.3 Å². The Bertz CT molecular complexity index is 1090.